The van der Waals surface area contributed by atoms with E-state index in [9.17, 15) is 0 Å². The Balaban J connectivity index is 2.44. The van der Waals surface area contributed by atoms with Crippen LogP contribution in [-0.2, 0) is 0 Å². The van der Waals surface area contributed by atoms with Crippen LogP contribution < -0.4 is 0 Å². The maximum atomic E-state index is 3.70. The molecule has 0 amide bonds. The molecule has 0 aromatic heterocycles. The molecule has 0 radical (unpaired) electrons. The quantitative estimate of drug-likeness (QED) is 0.533. The first-order valence-corrected chi connectivity index (χ1v) is 6.80. The van der Waals surface area contributed by atoms with Gasteiger partial charge in [0.1, 0.15) is 0 Å². The zero-order valence-corrected chi connectivity index (χ0v) is 9.57. The Labute approximate surface area is 77.7 Å². The van der Waals surface area contributed by atoms with E-state index in [0.717, 1.165) is 19.8 Å². The van der Waals surface area contributed by atoms with Gasteiger partial charge < -0.3 is 0 Å². The molecule has 1 aliphatic rings. The molecule has 0 bridgehead atoms. The van der Waals surface area contributed by atoms with Crippen LogP contribution in [0.25, 0.3) is 0 Å². The minimum atomic E-state index is 0.723. The van der Waals surface area contributed by atoms with Gasteiger partial charge >= 0.3 is 77.8 Å². The number of allylic oxidation sites excluding steroid dienone is 2. The van der Waals surface area contributed by atoms with Crippen molar-refractivity contribution >= 4 is 30.9 Å². The monoisotopic (exact) mass is 268 g/mol. The third kappa shape index (κ3) is 2.41. The van der Waals surface area contributed by atoms with Gasteiger partial charge in [0.25, 0.3) is 0 Å². The summed E-state index contributed by atoms with van der Waals surface area (Å²) >= 11 is 4.48. The van der Waals surface area contributed by atoms with Crippen molar-refractivity contribution in [3.63, 3.8) is 0 Å². The Hall–Kier alpha value is 0.739. The van der Waals surface area contributed by atoms with Crippen LogP contribution in [0.15, 0.2) is 10.5 Å². The predicted molar refractivity (Wildman–Crippen MR) is 50.9 cm³/mol. The molecule has 1 aliphatic carbocycles. The molecule has 0 heterocycles. The average molecular weight is 268 g/mol. The molecule has 10 heavy (non-hydrogen) atoms. The summed E-state index contributed by atoms with van der Waals surface area (Å²) in [6, 6.07) is 0. The van der Waals surface area contributed by atoms with Crippen molar-refractivity contribution in [1.82, 2.24) is 0 Å². The van der Waals surface area contributed by atoms with Gasteiger partial charge in [-0.05, 0) is 0 Å². The molecule has 1 atom stereocenters. The van der Waals surface area contributed by atoms with E-state index in [1.54, 1.807) is 4.47 Å². The molecule has 0 saturated carbocycles. The number of alkyl halides is 1. The van der Waals surface area contributed by atoms with E-state index < -0.39 is 0 Å². The van der Waals surface area contributed by atoms with Gasteiger partial charge in [0, 0.05) is 0 Å². The fourth-order valence-corrected chi connectivity index (χ4v) is 4.15. The van der Waals surface area contributed by atoms with E-state index in [-0.39, 0.29) is 0 Å². The summed E-state index contributed by atoms with van der Waals surface area (Å²) in [5, 5.41) is 1.35. The van der Waals surface area contributed by atoms with Crippen molar-refractivity contribution in [1.29, 1.82) is 0 Å². The van der Waals surface area contributed by atoms with Crippen LogP contribution in [0.5, 0.6) is 0 Å². The van der Waals surface area contributed by atoms with Crippen molar-refractivity contribution in [3.8, 4) is 0 Å². The fraction of sp³-hybridized carbons (Fsp3) is 0.750. The Morgan fingerprint density at radius 3 is 3.20 bits per heavy atom. The molecule has 0 aromatic rings. The zero-order chi connectivity index (χ0) is 7.40. The molecule has 0 aromatic carbocycles. The van der Waals surface area contributed by atoms with Crippen molar-refractivity contribution in [3.05, 3.63) is 10.5 Å². The first-order chi connectivity index (χ1) is 4.84. The average Bonchev–Trinajstić information content (AvgIpc) is 1.94. The summed E-state index contributed by atoms with van der Waals surface area (Å²) in [6.45, 7) is 2.27. The molecule has 0 N–H and O–H groups in total. The van der Waals surface area contributed by atoms with E-state index in [2.05, 4.69) is 28.9 Å². The van der Waals surface area contributed by atoms with E-state index in [1.807, 2.05) is 0 Å². The standard InChI is InChI=1S/C8H13BrSe/c1-2-10-8-6-4-3-5-7(8)9/h6-7H,2-5H2,1H3/t7-/m0/s1. The van der Waals surface area contributed by atoms with Crippen LogP contribution in [0.1, 0.15) is 26.2 Å². The minimum absolute atomic E-state index is 0.723. The molecule has 0 nitrogen and oxygen atoms in total. The van der Waals surface area contributed by atoms with Gasteiger partial charge in [-0.25, -0.2) is 0 Å². The second kappa shape index (κ2) is 4.58. The molecule has 58 valence electrons. The van der Waals surface area contributed by atoms with Gasteiger partial charge in [-0.3, -0.25) is 0 Å². The van der Waals surface area contributed by atoms with Crippen molar-refractivity contribution < 1.29 is 0 Å². The van der Waals surface area contributed by atoms with Gasteiger partial charge in [-0.2, -0.15) is 0 Å². The first kappa shape index (κ1) is 8.83. The molecule has 0 saturated heterocycles. The normalized spacial score (nSPS) is 26.2. The summed E-state index contributed by atoms with van der Waals surface area (Å²) in [6.07, 6.45) is 6.48. The first-order valence-electron chi connectivity index (χ1n) is 3.81. The molecular weight excluding hydrogens is 255 g/mol. The predicted octanol–water partition coefficient (Wildman–Crippen LogP) is 2.96. The van der Waals surface area contributed by atoms with Crippen LogP contribution >= 0.6 is 15.9 Å². The van der Waals surface area contributed by atoms with E-state index in [4.69, 9.17) is 0 Å². The summed E-state index contributed by atoms with van der Waals surface area (Å²) < 4.78 is 1.70. The molecule has 2 heteroatoms. The third-order valence-corrected chi connectivity index (χ3v) is 5.51. The fourth-order valence-electron chi connectivity index (χ4n) is 1.13. The number of hydrogen-bond acceptors (Lipinski definition) is 0. The van der Waals surface area contributed by atoms with Crippen molar-refractivity contribution in [2.24, 2.45) is 0 Å². The second-order valence-corrected chi connectivity index (χ2v) is 6.35. The van der Waals surface area contributed by atoms with Crippen LogP contribution in [-0.4, -0.2) is 19.8 Å². The van der Waals surface area contributed by atoms with Crippen LogP contribution in [0.2, 0.25) is 5.32 Å². The molecule has 0 spiro atoms. The van der Waals surface area contributed by atoms with E-state index in [1.165, 1.54) is 24.6 Å². The molecule has 0 fully saturated rings. The van der Waals surface area contributed by atoms with Gasteiger partial charge in [-0.1, -0.05) is 0 Å². The Morgan fingerprint density at radius 1 is 1.80 bits per heavy atom. The summed E-state index contributed by atoms with van der Waals surface area (Å²) in [5.74, 6) is 0. The summed E-state index contributed by atoms with van der Waals surface area (Å²) in [4.78, 5) is 0.723. The summed E-state index contributed by atoms with van der Waals surface area (Å²) in [5.41, 5.74) is 0. The topological polar surface area (TPSA) is 0 Å². The van der Waals surface area contributed by atoms with Crippen LogP contribution in [0.3, 0.4) is 0 Å². The van der Waals surface area contributed by atoms with Gasteiger partial charge in [-0.15, -0.1) is 0 Å². The third-order valence-electron chi connectivity index (χ3n) is 1.63. The number of halogens is 1. The molecule has 0 unspecified atom stereocenters. The van der Waals surface area contributed by atoms with Gasteiger partial charge in [0.2, 0.25) is 0 Å². The Bertz CT molecular complexity index is 131. The zero-order valence-electron chi connectivity index (χ0n) is 6.27. The Kier molecular flexibility index (Phi) is 4.05. The molecular formula is C8H13BrSe. The number of rotatable bonds is 2. The summed E-state index contributed by atoms with van der Waals surface area (Å²) in [7, 11) is 0. The van der Waals surface area contributed by atoms with Gasteiger partial charge in [0.15, 0.2) is 0 Å². The van der Waals surface area contributed by atoms with E-state index >= 15 is 0 Å². The van der Waals surface area contributed by atoms with Crippen LogP contribution in [0, 0.1) is 0 Å². The van der Waals surface area contributed by atoms with Crippen molar-refractivity contribution in [2.75, 3.05) is 0 Å². The molecule has 1 rings (SSSR count). The van der Waals surface area contributed by atoms with Crippen LogP contribution in [0.4, 0.5) is 0 Å². The molecule has 0 aliphatic heterocycles. The second-order valence-electron chi connectivity index (χ2n) is 2.44. The maximum absolute atomic E-state index is 3.70. The Morgan fingerprint density at radius 2 is 2.60 bits per heavy atom. The SMILES string of the molecule is CC[Se]C1=CCCC[C@@H]1Br. The van der Waals surface area contributed by atoms with Gasteiger partial charge in [0.05, 0.1) is 0 Å². The van der Waals surface area contributed by atoms with Crippen molar-refractivity contribution in [2.45, 2.75) is 36.3 Å². The number of hydrogen-bond donors (Lipinski definition) is 0. The van der Waals surface area contributed by atoms with E-state index in [0.29, 0.717) is 0 Å².